The lowest BCUT2D eigenvalue weighted by atomic mass is 9.82. The second kappa shape index (κ2) is 30.8. The third-order valence-corrected chi connectivity index (χ3v) is 12.9. The molecule has 3 saturated carbocycles. The Hall–Kier alpha value is -7.46. The minimum atomic E-state index is -0.868. The molecule has 0 unspecified atom stereocenters. The number of ether oxygens (including phenoxy) is 12. The van der Waals surface area contributed by atoms with Crippen molar-refractivity contribution < 1.29 is 105 Å². The molecule has 3 aliphatic rings. The van der Waals surface area contributed by atoms with Crippen LogP contribution < -0.4 is 18.9 Å². The molecule has 0 atom stereocenters. The molecule has 0 heterocycles. The lowest BCUT2D eigenvalue weighted by molar-refractivity contribution is -0.155. The summed E-state index contributed by atoms with van der Waals surface area (Å²) >= 11 is 0. The molecule has 0 bridgehead atoms. The minimum absolute atomic E-state index is 0.0260. The fraction of sp³-hybridized carbons (Fsp3) is 0.519. The number of rotatable bonds is 26. The minimum Gasteiger partial charge on any atom is -0.462 e. The highest BCUT2D eigenvalue weighted by Crippen LogP contribution is 2.36. The van der Waals surface area contributed by atoms with E-state index in [9.17, 15) is 47.9 Å². The van der Waals surface area contributed by atoms with Gasteiger partial charge in [-0.05, 0) is 113 Å². The molecule has 0 radical (unpaired) electrons. The molecule has 2 aromatic carbocycles. The summed E-state index contributed by atoms with van der Waals surface area (Å²) in [5.41, 5.74) is -0.368. The summed E-state index contributed by atoms with van der Waals surface area (Å²) in [7, 11) is 2.85. The van der Waals surface area contributed by atoms with Crippen molar-refractivity contribution in [2.24, 2.45) is 35.5 Å². The van der Waals surface area contributed by atoms with Gasteiger partial charge in [-0.15, -0.1) is 0 Å². The van der Waals surface area contributed by atoms with Gasteiger partial charge < -0.3 is 56.8 Å². The zero-order chi connectivity index (χ0) is 55.0. The summed E-state index contributed by atoms with van der Waals surface area (Å²) in [6.07, 6.45) is 5.57. The highest BCUT2D eigenvalue weighted by molar-refractivity contribution is 5.95. The molecule has 5 rings (SSSR count). The number of hydrogen-bond donors (Lipinski definition) is 0. The van der Waals surface area contributed by atoms with Gasteiger partial charge in [-0.2, -0.15) is 0 Å². The molecule has 0 spiro atoms. The van der Waals surface area contributed by atoms with Crippen LogP contribution in [-0.2, 0) is 76.3 Å². The lowest BCUT2D eigenvalue weighted by Crippen LogP contribution is -2.31. The van der Waals surface area contributed by atoms with Gasteiger partial charge in [0.05, 0.1) is 48.7 Å². The van der Waals surface area contributed by atoms with Gasteiger partial charge in [0.1, 0.15) is 73.8 Å². The molecule has 22 heteroatoms. The van der Waals surface area contributed by atoms with Crippen LogP contribution in [0.1, 0.15) is 97.8 Å². The Bertz CT molecular complexity index is 2240. The van der Waals surface area contributed by atoms with Gasteiger partial charge in [0.25, 0.3) is 0 Å². The summed E-state index contributed by atoms with van der Waals surface area (Å²) in [4.78, 5) is 128. The Labute approximate surface area is 438 Å². The van der Waals surface area contributed by atoms with E-state index in [4.69, 9.17) is 56.8 Å². The van der Waals surface area contributed by atoms with Crippen molar-refractivity contribution in [3.63, 3.8) is 0 Å². The molecule has 0 N–H and O–H groups in total. The van der Waals surface area contributed by atoms with Crippen molar-refractivity contribution in [3.8, 4) is 23.0 Å². The highest BCUT2D eigenvalue weighted by Gasteiger charge is 2.36. The first-order valence-corrected chi connectivity index (χ1v) is 25.0. The average molecular weight is 1070 g/mol. The van der Waals surface area contributed by atoms with E-state index in [0.29, 0.717) is 51.4 Å². The first kappa shape index (κ1) is 59.4. The fourth-order valence-electron chi connectivity index (χ4n) is 8.63. The molecule has 412 valence electrons. The maximum absolute atomic E-state index is 13.5. The van der Waals surface area contributed by atoms with Crippen molar-refractivity contribution in [2.75, 3.05) is 67.1 Å². The number of esters is 10. The third-order valence-electron chi connectivity index (χ3n) is 12.9. The lowest BCUT2D eigenvalue weighted by Gasteiger charge is -2.26. The number of benzene rings is 2. The second-order valence-corrected chi connectivity index (χ2v) is 18.0. The summed E-state index contributed by atoms with van der Waals surface area (Å²) in [6, 6.07) is 7.83. The summed E-state index contributed by atoms with van der Waals surface area (Å²) < 4.78 is 63.3. The van der Waals surface area contributed by atoms with E-state index in [1.807, 2.05) is 0 Å². The Morgan fingerprint density at radius 3 is 0.961 bits per heavy atom. The Morgan fingerprint density at radius 1 is 0.382 bits per heavy atom. The van der Waals surface area contributed by atoms with Crippen LogP contribution in [0, 0.1) is 35.5 Å². The highest BCUT2D eigenvalue weighted by atomic mass is 16.6. The van der Waals surface area contributed by atoms with E-state index in [1.165, 1.54) is 50.6 Å². The third kappa shape index (κ3) is 18.4. The predicted molar refractivity (Wildman–Crippen MR) is 260 cm³/mol. The monoisotopic (exact) mass is 1060 g/mol. The van der Waals surface area contributed by atoms with E-state index >= 15 is 0 Å². The van der Waals surface area contributed by atoms with Crippen molar-refractivity contribution in [1.29, 1.82) is 0 Å². The molecule has 22 nitrogen and oxygen atoms in total. The van der Waals surface area contributed by atoms with E-state index < -0.39 is 95.2 Å². The van der Waals surface area contributed by atoms with Gasteiger partial charge in [0.15, 0.2) is 0 Å². The molecule has 0 saturated heterocycles. The zero-order valence-electron chi connectivity index (χ0n) is 42.6. The van der Waals surface area contributed by atoms with Crippen molar-refractivity contribution in [1.82, 2.24) is 0 Å². The zero-order valence-corrected chi connectivity index (χ0v) is 42.6. The van der Waals surface area contributed by atoms with Gasteiger partial charge in [-0.3, -0.25) is 28.8 Å². The molecule has 0 amide bonds. The molecular weight excluding hydrogens is 1000 g/mol. The molecule has 3 fully saturated rings. The standard InChI is InChI=1S/C54H64O22/c1-5-45(55)67-27-29-69-47(57)33-7-11-37(12-8-33)51(61)75-43-21-19-39(31-41(43)53(63)71-25-23-65-3)73-49(59)35-15-17-36(18-16-35)50(60)74-40-20-22-44(42(32-40)54(64)72-26-24-66-4)76-52(62)38-13-9-34(10-14-38)48(58)70-30-28-68-46(56)6-2/h5-6,19-22,31-38H,1-2,7-18,23-30H2,3-4H3. The average Bonchev–Trinajstić information content (AvgIpc) is 3.43. The van der Waals surface area contributed by atoms with E-state index in [1.54, 1.807) is 0 Å². The Morgan fingerprint density at radius 2 is 0.658 bits per heavy atom. The van der Waals surface area contributed by atoms with Gasteiger partial charge >= 0.3 is 59.7 Å². The van der Waals surface area contributed by atoms with E-state index in [2.05, 4.69) is 13.2 Å². The fourth-order valence-corrected chi connectivity index (χ4v) is 8.63. The molecule has 0 aromatic heterocycles. The van der Waals surface area contributed by atoms with E-state index in [0.717, 1.165) is 12.2 Å². The number of hydrogen-bond acceptors (Lipinski definition) is 22. The Kier molecular flexibility index (Phi) is 24.1. The summed E-state index contributed by atoms with van der Waals surface area (Å²) in [6.45, 7) is 6.05. The Balaban J connectivity index is 1.13. The topological polar surface area (TPSA) is 281 Å². The van der Waals surface area contributed by atoms with Crippen LogP contribution in [0.2, 0.25) is 0 Å². The van der Waals surface area contributed by atoms with Crippen molar-refractivity contribution in [2.45, 2.75) is 77.0 Å². The first-order chi connectivity index (χ1) is 36.6. The summed E-state index contributed by atoms with van der Waals surface area (Å²) in [5, 5.41) is 0. The van der Waals surface area contributed by atoms with Gasteiger partial charge in [0.2, 0.25) is 0 Å². The maximum atomic E-state index is 13.5. The van der Waals surface area contributed by atoms with Crippen LogP contribution in [-0.4, -0.2) is 127 Å². The summed E-state index contributed by atoms with van der Waals surface area (Å²) in [5.74, 6) is -10.1. The van der Waals surface area contributed by atoms with Crippen LogP contribution in [0.15, 0.2) is 61.7 Å². The molecular formula is C54H64O22. The maximum Gasteiger partial charge on any atom is 0.342 e. The second-order valence-electron chi connectivity index (χ2n) is 18.0. The van der Waals surface area contributed by atoms with Crippen LogP contribution in [0.5, 0.6) is 23.0 Å². The normalized spacial score (nSPS) is 20.0. The van der Waals surface area contributed by atoms with Crippen LogP contribution >= 0.6 is 0 Å². The SMILES string of the molecule is C=CC(=O)OCCOC(=O)C1CCC(C(=O)Oc2ccc(OC(=O)C3CCC(C(=O)Oc4ccc(OC(=O)C5CCC(C(=O)OCCOC(=O)C=C)CC5)c(C(=O)OCCOC)c4)CC3)cc2C(=O)OCCOC)CC1. The van der Waals surface area contributed by atoms with Crippen molar-refractivity contribution in [3.05, 3.63) is 72.8 Å². The van der Waals surface area contributed by atoms with Crippen LogP contribution in [0.4, 0.5) is 0 Å². The molecule has 76 heavy (non-hydrogen) atoms. The predicted octanol–water partition coefficient (Wildman–Crippen LogP) is 5.58. The quantitative estimate of drug-likeness (QED) is 0.0365. The number of carbonyl (C=O) groups is 10. The van der Waals surface area contributed by atoms with Crippen LogP contribution in [0.3, 0.4) is 0 Å². The van der Waals surface area contributed by atoms with Crippen molar-refractivity contribution >= 4 is 59.7 Å². The number of carbonyl (C=O) groups excluding carboxylic acids is 10. The van der Waals surface area contributed by atoms with Gasteiger partial charge in [0, 0.05) is 26.4 Å². The molecule has 3 aliphatic carbocycles. The largest absolute Gasteiger partial charge is 0.462 e. The van der Waals surface area contributed by atoms with E-state index in [-0.39, 0.29) is 113 Å². The smallest absolute Gasteiger partial charge is 0.342 e. The van der Waals surface area contributed by atoms with Gasteiger partial charge in [-0.1, -0.05) is 13.2 Å². The molecule has 2 aromatic rings. The first-order valence-electron chi connectivity index (χ1n) is 25.0. The van der Waals surface area contributed by atoms with Gasteiger partial charge in [-0.25, -0.2) is 19.2 Å². The molecule has 0 aliphatic heterocycles. The number of methoxy groups -OCH3 is 2. The van der Waals surface area contributed by atoms with Crippen LogP contribution in [0.25, 0.3) is 0 Å².